The van der Waals surface area contributed by atoms with Crippen LogP contribution in [0, 0.1) is 33.1 Å². The van der Waals surface area contributed by atoms with Crippen molar-refractivity contribution in [3.05, 3.63) is 56.2 Å². The van der Waals surface area contributed by atoms with Crippen molar-refractivity contribution in [2.75, 3.05) is 6.54 Å². The standard InChI is InChI=1S/C20H17BrN2O2S/c1-5-8-22-19(24)18(26-20(22)25)11-15-10-13(3)23(14(15)4)16-6-7-17(21)12(2)9-16/h1,6-7,9-11H,8H2,2-4H3/b18-11+. The summed E-state index contributed by atoms with van der Waals surface area (Å²) >= 11 is 4.45. The number of hydrogen-bond donors (Lipinski definition) is 0. The second-order valence-corrected chi connectivity index (χ2v) is 7.91. The van der Waals surface area contributed by atoms with Gasteiger partial charge >= 0.3 is 0 Å². The second kappa shape index (κ2) is 7.18. The van der Waals surface area contributed by atoms with E-state index < -0.39 is 0 Å². The van der Waals surface area contributed by atoms with Gasteiger partial charge in [0.2, 0.25) is 0 Å². The Morgan fingerprint density at radius 3 is 2.62 bits per heavy atom. The molecule has 0 atom stereocenters. The first-order valence-corrected chi connectivity index (χ1v) is 9.58. The van der Waals surface area contributed by atoms with Crippen LogP contribution in [0.4, 0.5) is 4.79 Å². The van der Waals surface area contributed by atoms with Crippen LogP contribution >= 0.6 is 27.7 Å². The molecule has 0 unspecified atom stereocenters. The first-order chi connectivity index (χ1) is 12.3. The van der Waals surface area contributed by atoms with Gasteiger partial charge in [0.15, 0.2) is 0 Å². The van der Waals surface area contributed by atoms with Gasteiger partial charge in [0.25, 0.3) is 11.1 Å². The summed E-state index contributed by atoms with van der Waals surface area (Å²) in [4.78, 5) is 25.8. The van der Waals surface area contributed by atoms with Crippen molar-refractivity contribution in [3.63, 3.8) is 0 Å². The van der Waals surface area contributed by atoms with Crippen LogP contribution in [0.2, 0.25) is 0 Å². The zero-order chi connectivity index (χ0) is 19.0. The monoisotopic (exact) mass is 428 g/mol. The molecular formula is C20H17BrN2O2S. The lowest BCUT2D eigenvalue weighted by atomic mass is 10.2. The van der Waals surface area contributed by atoms with Crippen LogP contribution in [0.3, 0.4) is 0 Å². The summed E-state index contributed by atoms with van der Waals surface area (Å²) in [6.45, 7) is 6.07. The maximum atomic E-state index is 12.4. The number of rotatable bonds is 3. The number of aryl methyl sites for hydroxylation is 2. The molecule has 0 bridgehead atoms. The summed E-state index contributed by atoms with van der Waals surface area (Å²) in [6, 6.07) is 8.19. The number of carbonyl (C=O) groups is 2. The first-order valence-electron chi connectivity index (χ1n) is 7.97. The minimum absolute atomic E-state index is 0.000795. The zero-order valence-electron chi connectivity index (χ0n) is 14.7. The molecule has 1 saturated heterocycles. The Balaban J connectivity index is 2.01. The average molecular weight is 429 g/mol. The lowest BCUT2D eigenvalue weighted by Crippen LogP contribution is -2.28. The van der Waals surface area contributed by atoms with Crippen molar-refractivity contribution in [3.8, 4) is 18.0 Å². The molecular weight excluding hydrogens is 412 g/mol. The normalized spacial score (nSPS) is 15.8. The van der Waals surface area contributed by atoms with Gasteiger partial charge in [-0.15, -0.1) is 6.42 Å². The highest BCUT2D eigenvalue weighted by atomic mass is 79.9. The predicted octanol–water partition coefficient (Wildman–Crippen LogP) is 4.83. The molecule has 2 amide bonds. The number of benzene rings is 1. The van der Waals surface area contributed by atoms with Crippen molar-refractivity contribution in [1.82, 2.24) is 9.47 Å². The van der Waals surface area contributed by atoms with E-state index in [0.717, 1.165) is 49.3 Å². The van der Waals surface area contributed by atoms with Crippen LogP contribution in [0.5, 0.6) is 0 Å². The van der Waals surface area contributed by atoms with E-state index in [4.69, 9.17) is 6.42 Å². The van der Waals surface area contributed by atoms with E-state index >= 15 is 0 Å². The number of thioether (sulfide) groups is 1. The third kappa shape index (κ3) is 3.25. The van der Waals surface area contributed by atoms with Gasteiger partial charge < -0.3 is 4.57 Å². The zero-order valence-corrected chi connectivity index (χ0v) is 17.1. The molecule has 1 aromatic heterocycles. The summed E-state index contributed by atoms with van der Waals surface area (Å²) in [5.41, 5.74) is 5.17. The average Bonchev–Trinajstić information content (AvgIpc) is 3.01. The minimum Gasteiger partial charge on any atom is -0.318 e. The molecule has 6 heteroatoms. The third-order valence-electron chi connectivity index (χ3n) is 4.28. The van der Waals surface area contributed by atoms with Crippen LogP contribution in [0.25, 0.3) is 11.8 Å². The summed E-state index contributed by atoms with van der Waals surface area (Å²) < 4.78 is 3.20. The predicted molar refractivity (Wildman–Crippen MR) is 109 cm³/mol. The van der Waals surface area contributed by atoms with Crippen LogP contribution in [-0.4, -0.2) is 27.2 Å². The maximum absolute atomic E-state index is 12.4. The molecule has 0 N–H and O–H groups in total. The smallest absolute Gasteiger partial charge is 0.294 e. The largest absolute Gasteiger partial charge is 0.318 e. The number of imide groups is 1. The van der Waals surface area contributed by atoms with Crippen LogP contribution in [0.15, 0.2) is 33.6 Å². The molecule has 26 heavy (non-hydrogen) atoms. The number of carbonyl (C=O) groups excluding carboxylic acids is 2. The fraction of sp³-hybridized carbons (Fsp3) is 0.200. The number of hydrogen-bond acceptors (Lipinski definition) is 3. The van der Waals surface area contributed by atoms with E-state index in [9.17, 15) is 9.59 Å². The highest BCUT2D eigenvalue weighted by Gasteiger charge is 2.34. The van der Waals surface area contributed by atoms with Crippen molar-refractivity contribution in [2.45, 2.75) is 20.8 Å². The molecule has 132 valence electrons. The Morgan fingerprint density at radius 2 is 1.96 bits per heavy atom. The van der Waals surface area contributed by atoms with Crippen molar-refractivity contribution in [1.29, 1.82) is 0 Å². The molecule has 1 aromatic carbocycles. The van der Waals surface area contributed by atoms with E-state index in [1.807, 2.05) is 39.0 Å². The fourth-order valence-corrected chi connectivity index (χ4v) is 4.04. The molecule has 0 radical (unpaired) electrons. The van der Waals surface area contributed by atoms with E-state index in [2.05, 4.69) is 32.5 Å². The Kier molecular flexibility index (Phi) is 5.12. The van der Waals surface area contributed by atoms with E-state index in [0.29, 0.717) is 4.91 Å². The Labute approximate surface area is 165 Å². The quantitative estimate of drug-likeness (QED) is 0.518. The topological polar surface area (TPSA) is 42.3 Å². The van der Waals surface area contributed by atoms with Gasteiger partial charge in [-0.25, -0.2) is 0 Å². The second-order valence-electron chi connectivity index (χ2n) is 6.07. The summed E-state index contributed by atoms with van der Waals surface area (Å²) in [7, 11) is 0. The summed E-state index contributed by atoms with van der Waals surface area (Å²) in [5, 5.41) is -0.323. The molecule has 1 aliphatic heterocycles. The van der Waals surface area contributed by atoms with Gasteiger partial charge in [0, 0.05) is 21.5 Å². The first kappa shape index (κ1) is 18.6. The van der Waals surface area contributed by atoms with Crippen molar-refractivity contribution >= 4 is 44.9 Å². The van der Waals surface area contributed by atoms with Crippen molar-refractivity contribution in [2.24, 2.45) is 0 Å². The molecule has 0 spiro atoms. The van der Waals surface area contributed by atoms with E-state index in [-0.39, 0.29) is 17.7 Å². The Bertz CT molecular complexity index is 998. The van der Waals surface area contributed by atoms with Crippen LogP contribution in [0.1, 0.15) is 22.5 Å². The van der Waals surface area contributed by atoms with Gasteiger partial charge in [-0.2, -0.15) is 0 Å². The molecule has 2 heterocycles. The lowest BCUT2D eigenvalue weighted by Gasteiger charge is -2.11. The number of halogens is 1. The third-order valence-corrected chi connectivity index (χ3v) is 6.08. The highest BCUT2D eigenvalue weighted by Crippen LogP contribution is 2.33. The van der Waals surface area contributed by atoms with E-state index in [1.54, 1.807) is 6.08 Å². The molecule has 3 rings (SSSR count). The van der Waals surface area contributed by atoms with Gasteiger partial charge in [-0.05, 0) is 74.0 Å². The highest BCUT2D eigenvalue weighted by molar-refractivity contribution is 9.10. The molecule has 1 aliphatic rings. The van der Waals surface area contributed by atoms with Gasteiger partial charge in [-0.1, -0.05) is 21.9 Å². The number of amides is 2. The molecule has 1 fully saturated rings. The summed E-state index contributed by atoms with van der Waals surface area (Å²) in [6.07, 6.45) is 7.00. The van der Waals surface area contributed by atoms with Crippen molar-refractivity contribution < 1.29 is 9.59 Å². The fourth-order valence-electron chi connectivity index (χ4n) is 2.97. The maximum Gasteiger partial charge on any atom is 0.294 e. The SMILES string of the molecule is C#CCN1C(=O)S/C(=C/c2cc(C)n(-c3ccc(Br)c(C)c3)c2C)C1=O. The van der Waals surface area contributed by atoms with Crippen LogP contribution < -0.4 is 0 Å². The Hall–Kier alpha value is -2.23. The van der Waals surface area contributed by atoms with Gasteiger partial charge in [-0.3, -0.25) is 14.5 Å². The molecule has 2 aromatic rings. The van der Waals surface area contributed by atoms with E-state index in [1.165, 1.54) is 0 Å². The molecule has 0 saturated carbocycles. The van der Waals surface area contributed by atoms with Gasteiger partial charge in [0.05, 0.1) is 11.4 Å². The number of nitrogens with zero attached hydrogens (tertiary/aromatic N) is 2. The summed E-state index contributed by atoms with van der Waals surface area (Å²) in [5.74, 6) is 2.02. The Morgan fingerprint density at radius 1 is 1.23 bits per heavy atom. The molecule has 4 nitrogen and oxygen atoms in total. The minimum atomic E-state index is -0.331. The number of aromatic nitrogens is 1. The molecule has 0 aliphatic carbocycles. The van der Waals surface area contributed by atoms with Crippen LogP contribution in [-0.2, 0) is 4.79 Å². The van der Waals surface area contributed by atoms with Gasteiger partial charge in [0.1, 0.15) is 0 Å². The number of terminal acetylenes is 1. The lowest BCUT2D eigenvalue weighted by molar-refractivity contribution is -0.122.